The number of halogens is 1. The van der Waals surface area contributed by atoms with E-state index < -0.39 is 0 Å². The van der Waals surface area contributed by atoms with Crippen LogP contribution in [0, 0.1) is 5.41 Å². The van der Waals surface area contributed by atoms with Gasteiger partial charge in [-0.3, -0.25) is 4.79 Å². The average molecular weight is 428 g/mol. The molecular weight excluding hydrogens is 398 g/mol. The Balaban J connectivity index is 1.90. The lowest BCUT2D eigenvalue weighted by atomic mass is 9.74. The van der Waals surface area contributed by atoms with Crippen molar-refractivity contribution in [2.75, 3.05) is 5.75 Å². The molecule has 0 aliphatic carbocycles. The van der Waals surface area contributed by atoms with E-state index in [1.54, 1.807) is 0 Å². The molecule has 0 aromatic heterocycles. The van der Waals surface area contributed by atoms with Crippen LogP contribution in [0.4, 0.5) is 0 Å². The van der Waals surface area contributed by atoms with Crippen molar-refractivity contribution in [2.24, 2.45) is 5.41 Å². The molecule has 2 aromatic carbocycles. The van der Waals surface area contributed by atoms with Gasteiger partial charge in [-0.2, -0.15) is 0 Å². The van der Waals surface area contributed by atoms with Crippen molar-refractivity contribution in [2.45, 2.75) is 56.5 Å². The van der Waals surface area contributed by atoms with E-state index in [1.807, 2.05) is 36.0 Å². The molecule has 0 spiro atoms. The van der Waals surface area contributed by atoms with Crippen molar-refractivity contribution < 1.29 is 4.79 Å². The average Bonchev–Trinajstić information content (AvgIpc) is 2.73. The van der Waals surface area contributed by atoms with Gasteiger partial charge < -0.3 is 4.90 Å². The van der Waals surface area contributed by atoms with Crippen LogP contribution in [0.5, 0.6) is 0 Å². The lowest BCUT2D eigenvalue weighted by Crippen LogP contribution is -2.53. The van der Waals surface area contributed by atoms with Crippen LogP contribution in [0.25, 0.3) is 0 Å². The molecule has 3 atom stereocenters. The SMILES string of the molecule is C=CC[C@@]1(C)CCC(c2ccc(Cl)cc2)N(C(CC)CSc2ccccc2)C1=O. The van der Waals surface area contributed by atoms with Gasteiger partial charge in [-0.15, -0.1) is 18.3 Å². The summed E-state index contributed by atoms with van der Waals surface area (Å²) < 4.78 is 0. The summed E-state index contributed by atoms with van der Waals surface area (Å²) in [5.74, 6) is 1.14. The molecule has 3 rings (SSSR count). The smallest absolute Gasteiger partial charge is 0.229 e. The summed E-state index contributed by atoms with van der Waals surface area (Å²) in [5, 5.41) is 0.727. The van der Waals surface area contributed by atoms with E-state index in [0.29, 0.717) is 0 Å². The summed E-state index contributed by atoms with van der Waals surface area (Å²) >= 11 is 7.94. The van der Waals surface area contributed by atoms with Crippen molar-refractivity contribution in [3.63, 3.8) is 0 Å². The first-order chi connectivity index (χ1) is 14.0. The highest BCUT2D eigenvalue weighted by Gasteiger charge is 2.45. The number of benzene rings is 2. The Labute approximate surface area is 184 Å². The van der Waals surface area contributed by atoms with Crippen LogP contribution in [-0.4, -0.2) is 22.6 Å². The maximum absolute atomic E-state index is 13.7. The minimum absolute atomic E-state index is 0.0963. The fraction of sp³-hybridized carbons (Fsp3) is 0.400. The van der Waals surface area contributed by atoms with E-state index in [1.165, 1.54) is 10.5 Å². The van der Waals surface area contributed by atoms with Gasteiger partial charge in [0.05, 0.1) is 11.5 Å². The van der Waals surface area contributed by atoms with Gasteiger partial charge in [-0.1, -0.05) is 61.9 Å². The number of rotatable bonds is 8. The summed E-state index contributed by atoms with van der Waals surface area (Å²) in [6.07, 6.45) is 5.38. The molecule has 1 aliphatic rings. The first-order valence-corrected chi connectivity index (χ1v) is 11.7. The molecule has 1 fully saturated rings. The van der Waals surface area contributed by atoms with Gasteiger partial charge in [0.15, 0.2) is 0 Å². The van der Waals surface area contributed by atoms with E-state index in [4.69, 9.17) is 11.6 Å². The first kappa shape index (κ1) is 22.0. The van der Waals surface area contributed by atoms with Crippen LogP contribution >= 0.6 is 23.4 Å². The molecule has 1 saturated heterocycles. The molecule has 0 saturated carbocycles. The standard InChI is InChI=1S/C25H30ClNOS/c1-4-16-25(3)17-15-23(19-11-13-20(26)14-12-19)27(24(25)28)21(5-2)18-29-22-9-7-6-8-10-22/h4,6-14,21,23H,1,5,15-18H2,2-3H3/t21?,23?,25-/m0/s1. The van der Waals surface area contributed by atoms with Gasteiger partial charge >= 0.3 is 0 Å². The molecule has 4 heteroatoms. The number of hydrogen-bond acceptors (Lipinski definition) is 2. The van der Waals surface area contributed by atoms with Crippen LogP contribution in [0.15, 0.2) is 72.1 Å². The minimum Gasteiger partial charge on any atom is -0.331 e. The summed E-state index contributed by atoms with van der Waals surface area (Å²) in [4.78, 5) is 17.2. The highest BCUT2D eigenvalue weighted by atomic mass is 35.5. The van der Waals surface area contributed by atoms with Crippen molar-refractivity contribution >= 4 is 29.3 Å². The number of allylic oxidation sites excluding steroid dienone is 1. The van der Waals surface area contributed by atoms with Crippen LogP contribution < -0.4 is 0 Å². The van der Waals surface area contributed by atoms with Gasteiger partial charge in [0.1, 0.15) is 0 Å². The predicted octanol–water partition coefficient (Wildman–Crippen LogP) is 7.16. The zero-order valence-corrected chi connectivity index (χ0v) is 18.9. The first-order valence-electron chi connectivity index (χ1n) is 10.4. The number of thioether (sulfide) groups is 1. The molecule has 1 heterocycles. The minimum atomic E-state index is -0.366. The summed E-state index contributed by atoms with van der Waals surface area (Å²) in [6.45, 7) is 8.18. The van der Waals surface area contributed by atoms with Gasteiger partial charge in [0.2, 0.25) is 5.91 Å². The Bertz CT molecular complexity index is 822. The van der Waals surface area contributed by atoms with E-state index in [0.717, 1.165) is 36.5 Å². The van der Waals surface area contributed by atoms with Gasteiger partial charge in [-0.25, -0.2) is 0 Å². The molecule has 154 valence electrons. The fourth-order valence-corrected chi connectivity index (χ4v) is 5.46. The Hall–Kier alpha value is -1.71. The van der Waals surface area contributed by atoms with Crippen molar-refractivity contribution in [3.8, 4) is 0 Å². The van der Waals surface area contributed by atoms with E-state index in [9.17, 15) is 4.79 Å². The number of carbonyl (C=O) groups is 1. The third-order valence-corrected chi connectivity index (χ3v) is 7.36. The van der Waals surface area contributed by atoms with Crippen molar-refractivity contribution in [3.05, 3.63) is 77.8 Å². The molecule has 2 nitrogen and oxygen atoms in total. The molecule has 1 amide bonds. The predicted molar refractivity (Wildman–Crippen MR) is 124 cm³/mol. The quantitative estimate of drug-likeness (QED) is 0.329. The highest BCUT2D eigenvalue weighted by Crippen LogP contribution is 2.45. The largest absolute Gasteiger partial charge is 0.331 e. The van der Waals surface area contributed by atoms with Crippen molar-refractivity contribution in [1.29, 1.82) is 0 Å². The topological polar surface area (TPSA) is 20.3 Å². The maximum atomic E-state index is 13.7. The van der Waals surface area contributed by atoms with Crippen LogP contribution in [-0.2, 0) is 4.79 Å². The number of nitrogens with zero attached hydrogens (tertiary/aromatic N) is 1. The molecule has 29 heavy (non-hydrogen) atoms. The molecule has 2 aromatic rings. The Morgan fingerprint density at radius 2 is 1.93 bits per heavy atom. The highest BCUT2D eigenvalue weighted by molar-refractivity contribution is 7.99. The molecule has 0 radical (unpaired) electrons. The maximum Gasteiger partial charge on any atom is 0.229 e. The number of carbonyl (C=O) groups excluding carboxylic acids is 1. The van der Waals surface area contributed by atoms with Gasteiger partial charge in [-0.05, 0) is 55.5 Å². The monoisotopic (exact) mass is 427 g/mol. The van der Waals surface area contributed by atoms with E-state index in [2.05, 4.69) is 61.7 Å². The number of likely N-dealkylation sites (tertiary alicyclic amines) is 1. The fourth-order valence-electron chi connectivity index (χ4n) is 4.20. The summed E-state index contributed by atoms with van der Waals surface area (Å²) in [7, 11) is 0. The third-order valence-electron chi connectivity index (χ3n) is 5.96. The zero-order valence-electron chi connectivity index (χ0n) is 17.3. The van der Waals surface area contributed by atoms with Crippen LogP contribution in [0.3, 0.4) is 0 Å². The Morgan fingerprint density at radius 3 is 2.55 bits per heavy atom. The van der Waals surface area contributed by atoms with Crippen LogP contribution in [0.2, 0.25) is 5.02 Å². The van der Waals surface area contributed by atoms with Crippen LogP contribution in [0.1, 0.15) is 51.1 Å². The molecule has 2 unspecified atom stereocenters. The zero-order chi connectivity index (χ0) is 20.9. The molecule has 1 aliphatic heterocycles. The molecule has 0 N–H and O–H groups in total. The van der Waals surface area contributed by atoms with Gasteiger partial charge in [0.25, 0.3) is 0 Å². The molecule has 0 bridgehead atoms. The second-order valence-electron chi connectivity index (χ2n) is 8.06. The van der Waals surface area contributed by atoms with Crippen molar-refractivity contribution in [1.82, 2.24) is 4.90 Å². The Morgan fingerprint density at radius 1 is 1.24 bits per heavy atom. The Kier molecular flexibility index (Phi) is 7.48. The number of hydrogen-bond donors (Lipinski definition) is 0. The third kappa shape index (κ3) is 5.07. The second-order valence-corrected chi connectivity index (χ2v) is 9.59. The summed E-state index contributed by atoms with van der Waals surface area (Å²) in [5.41, 5.74) is 0.807. The number of piperidine rings is 1. The van der Waals surface area contributed by atoms with Gasteiger partial charge in [0, 0.05) is 21.7 Å². The lowest BCUT2D eigenvalue weighted by Gasteiger charge is -2.48. The van der Waals surface area contributed by atoms with E-state index >= 15 is 0 Å². The normalized spacial score (nSPS) is 23.1. The molecular formula is C25H30ClNOS. The van der Waals surface area contributed by atoms with E-state index in [-0.39, 0.29) is 23.4 Å². The second kappa shape index (κ2) is 9.86. The number of amides is 1. The summed E-state index contributed by atoms with van der Waals surface area (Å²) in [6, 6.07) is 18.7. The lowest BCUT2D eigenvalue weighted by molar-refractivity contribution is -0.152.